The van der Waals surface area contributed by atoms with Crippen molar-refractivity contribution in [2.24, 2.45) is 0 Å². The van der Waals surface area contributed by atoms with Crippen LogP contribution in [-0.4, -0.2) is 6.04 Å². The molecule has 0 N–H and O–H groups in total. The van der Waals surface area contributed by atoms with E-state index in [-0.39, 0.29) is 5.41 Å². The van der Waals surface area contributed by atoms with E-state index in [1.54, 1.807) is 0 Å². The van der Waals surface area contributed by atoms with Crippen molar-refractivity contribution in [3.63, 3.8) is 0 Å². The smallest absolute Gasteiger partial charge is 0.0710 e. The van der Waals surface area contributed by atoms with E-state index < -0.39 is 0 Å². The lowest BCUT2D eigenvalue weighted by atomic mass is 9.66. The Kier molecular flexibility index (Phi) is 13.4. The van der Waals surface area contributed by atoms with Crippen LogP contribution in [0.2, 0.25) is 0 Å². The molecule has 0 radical (unpaired) electrons. The SMILES string of the molecule is C=Cc1cccc(N(c2ccccc2)c2ccc3cc(-c4ccc5c(c4)C4CCCCC4N5C4=CC5=C(CC4)c4ccccc4C5(c4ccccc4)c4ccccc4)ccc3c2)c1/C=C\C.CC.CC. The van der Waals surface area contributed by atoms with Crippen LogP contribution in [0.25, 0.3) is 39.6 Å². The monoisotopic (exact) mass is 911 g/mol. The van der Waals surface area contributed by atoms with Crippen LogP contribution < -0.4 is 9.80 Å². The van der Waals surface area contributed by atoms with Crippen LogP contribution in [0.4, 0.5) is 22.7 Å². The number of benzene rings is 8. The maximum Gasteiger partial charge on any atom is 0.0710 e. The second-order valence-corrected chi connectivity index (χ2v) is 18.6. The first-order valence-corrected chi connectivity index (χ1v) is 26.0. The highest BCUT2D eigenvalue weighted by Crippen LogP contribution is 2.59. The van der Waals surface area contributed by atoms with Crippen LogP contribution >= 0.6 is 0 Å². The third-order valence-corrected chi connectivity index (χ3v) is 15.1. The summed E-state index contributed by atoms with van der Waals surface area (Å²) in [5, 5.41) is 2.46. The number of anilines is 4. The maximum absolute atomic E-state index is 4.14. The van der Waals surface area contributed by atoms with Crippen molar-refractivity contribution < 1.29 is 0 Å². The summed E-state index contributed by atoms with van der Waals surface area (Å²) in [4.78, 5) is 5.18. The summed E-state index contributed by atoms with van der Waals surface area (Å²) in [7, 11) is 0. The molecule has 8 aromatic carbocycles. The predicted molar refractivity (Wildman–Crippen MR) is 302 cm³/mol. The zero-order valence-corrected chi connectivity index (χ0v) is 41.7. The van der Waals surface area contributed by atoms with Crippen LogP contribution in [-0.2, 0) is 5.41 Å². The van der Waals surface area contributed by atoms with Crippen molar-refractivity contribution in [3.05, 3.63) is 257 Å². The van der Waals surface area contributed by atoms with Crippen LogP contribution in [0.3, 0.4) is 0 Å². The van der Waals surface area contributed by atoms with E-state index in [2.05, 4.69) is 230 Å². The molecule has 1 heterocycles. The number of para-hydroxylation sites is 1. The average Bonchev–Trinajstić information content (AvgIpc) is 3.93. The molecule has 1 aliphatic heterocycles. The van der Waals surface area contributed by atoms with Gasteiger partial charge in [0.1, 0.15) is 0 Å². The number of allylic oxidation sites excluding steroid dienone is 5. The van der Waals surface area contributed by atoms with Gasteiger partial charge in [-0.15, -0.1) is 0 Å². The quantitative estimate of drug-likeness (QED) is 0.142. The Morgan fingerprint density at radius 3 is 1.97 bits per heavy atom. The molecule has 0 aromatic heterocycles. The molecule has 70 heavy (non-hydrogen) atoms. The van der Waals surface area contributed by atoms with E-state index in [4.69, 9.17) is 0 Å². The minimum atomic E-state index is -0.374. The van der Waals surface area contributed by atoms with Gasteiger partial charge in [-0.3, -0.25) is 0 Å². The fourth-order valence-electron chi connectivity index (χ4n) is 12.3. The summed E-state index contributed by atoms with van der Waals surface area (Å²) in [6.07, 6.45) is 16.0. The zero-order chi connectivity index (χ0) is 48.2. The molecule has 12 rings (SSSR count). The standard InChI is InChI=1S/C64H54N2.2C2H6/c1-3-19-54-44(4-2)20-18-31-61(54)65(51-25-12-7-13-26-51)52-36-34-46-40-45(32-33-47(46)41-52)48-35-39-63-58(42-48)57-28-15-17-30-62(57)66(63)53-37-38-56-55-27-14-16-29-59(55)64(60(56)43-53,49-21-8-5-9-22-49)50-23-10-6-11-24-50;2*1-2/h3-14,16,18-27,29,31-36,39-43,57,62H,2,15,17,28,30,37-38H2,1H3;2*1-2H3/b19-3-;;. The van der Waals surface area contributed by atoms with Gasteiger partial charge in [-0.1, -0.05) is 205 Å². The molecule has 3 aliphatic carbocycles. The first kappa shape index (κ1) is 46.3. The lowest BCUT2D eigenvalue weighted by Gasteiger charge is -2.39. The van der Waals surface area contributed by atoms with Gasteiger partial charge in [0, 0.05) is 40.3 Å². The Hall–Kier alpha value is -7.42. The number of nitrogens with zero attached hydrogens (tertiary/aromatic N) is 2. The molecular formula is C68H66N2. The second-order valence-electron chi connectivity index (χ2n) is 18.6. The van der Waals surface area contributed by atoms with Gasteiger partial charge in [0.05, 0.1) is 11.1 Å². The van der Waals surface area contributed by atoms with Crippen molar-refractivity contribution >= 4 is 51.2 Å². The van der Waals surface area contributed by atoms with Crippen molar-refractivity contribution in [1.29, 1.82) is 0 Å². The largest absolute Gasteiger partial charge is 0.341 e. The third kappa shape index (κ3) is 7.84. The summed E-state index contributed by atoms with van der Waals surface area (Å²) < 4.78 is 0. The van der Waals surface area contributed by atoms with Gasteiger partial charge in [0.15, 0.2) is 0 Å². The molecule has 0 spiro atoms. The van der Waals surface area contributed by atoms with Gasteiger partial charge in [-0.2, -0.15) is 0 Å². The molecule has 1 fully saturated rings. The Labute approximate surface area is 417 Å². The highest BCUT2D eigenvalue weighted by atomic mass is 15.2. The maximum atomic E-state index is 4.14. The first-order valence-electron chi connectivity index (χ1n) is 26.0. The highest BCUT2D eigenvalue weighted by Gasteiger charge is 2.49. The van der Waals surface area contributed by atoms with Gasteiger partial charge in [-0.05, 0) is 154 Å². The summed E-state index contributed by atoms with van der Waals surface area (Å²) in [5.74, 6) is 0.526. The number of rotatable bonds is 9. The van der Waals surface area contributed by atoms with Gasteiger partial charge >= 0.3 is 0 Å². The van der Waals surface area contributed by atoms with Crippen LogP contribution in [0.5, 0.6) is 0 Å². The number of hydrogen-bond donors (Lipinski definition) is 0. The molecule has 1 saturated carbocycles. The molecule has 2 atom stereocenters. The lowest BCUT2D eigenvalue weighted by Crippen LogP contribution is -2.37. The molecule has 8 aromatic rings. The third-order valence-electron chi connectivity index (χ3n) is 15.1. The Balaban J connectivity index is 0.00000138. The molecule has 2 heteroatoms. The molecule has 2 nitrogen and oxygen atoms in total. The first-order chi connectivity index (χ1) is 34.6. The summed E-state index contributed by atoms with van der Waals surface area (Å²) >= 11 is 0. The molecule has 4 aliphatic rings. The molecule has 0 amide bonds. The zero-order valence-electron chi connectivity index (χ0n) is 41.7. The minimum absolute atomic E-state index is 0.374. The molecule has 2 unspecified atom stereocenters. The van der Waals surface area contributed by atoms with E-state index >= 15 is 0 Å². The average molecular weight is 911 g/mol. The van der Waals surface area contributed by atoms with E-state index in [0.29, 0.717) is 12.0 Å². The fourth-order valence-corrected chi connectivity index (χ4v) is 12.3. The van der Waals surface area contributed by atoms with Gasteiger partial charge in [-0.25, -0.2) is 0 Å². The van der Waals surface area contributed by atoms with E-state index in [0.717, 1.165) is 41.0 Å². The molecule has 0 saturated heterocycles. The van der Waals surface area contributed by atoms with Crippen molar-refractivity contribution in [3.8, 4) is 11.1 Å². The van der Waals surface area contributed by atoms with Crippen LogP contribution in [0, 0.1) is 0 Å². The topological polar surface area (TPSA) is 6.48 Å². The summed E-state index contributed by atoms with van der Waals surface area (Å²) in [6.45, 7) is 14.2. The van der Waals surface area contributed by atoms with Crippen molar-refractivity contribution in [1.82, 2.24) is 0 Å². The second kappa shape index (κ2) is 20.3. The minimum Gasteiger partial charge on any atom is -0.341 e. The van der Waals surface area contributed by atoms with Crippen LogP contribution in [0.15, 0.2) is 218 Å². The summed E-state index contributed by atoms with van der Waals surface area (Å²) in [6, 6.07) is 70.8. The van der Waals surface area contributed by atoms with Crippen LogP contribution in [0.1, 0.15) is 118 Å². The van der Waals surface area contributed by atoms with E-state index in [1.165, 1.54) is 97.9 Å². The highest BCUT2D eigenvalue weighted by molar-refractivity contribution is 5.94. The molecular weight excluding hydrogens is 845 g/mol. The predicted octanol–water partition coefficient (Wildman–Crippen LogP) is 19.0. The van der Waals surface area contributed by atoms with Crippen molar-refractivity contribution in [2.75, 3.05) is 9.80 Å². The van der Waals surface area contributed by atoms with E-state index in [1.807, 2.05) is 33.8 Å². The van der Waals surface area contributed by atoms with Gasteiger partial charge in [0.2, 0.25) is 0 Å². The Morgan fingerprint density at radius 2 is 1.24 bits per heavy atom. The van der Waals surface area contributed by atoms with Gasteiger partial charge in [0.25, 0.3) is 0 Å². The normalized spacial score (nSPS) is 17.3. The lowest BCUT2D eigenvalue weighted by molar-refractivity contribution is 0.395. The Bertz CT molecular complexity index is 3210. The Morgan fingerprint density at radius 1 is 0.600 bits per heavy atom. The van der Waals surface area contributed by atoms with Gasteiger partial charge < -0.3 is 9.80 Å². The van der Waals surface area contributed by atoms with Crippen molar-refractivity contribution in [2.45, 2.75) is 90.5 Å². The fraction of sp³-hybridized carbons (Fsp3) is 0.206. The molecule has 348 valence electrons. The molecule has 0 bridgehead atoms. The van der Waals surface area contributed by atoms with E-state index in [9.17, 15) is 0 Å². The number of hydrogen-bond acceptors (Lipinski definition) is 2. The summed E-state index contributed by atoms with van der Waals surface area (Å²) in [5.41, 5.74) is 20.7. The number of fused-ring (bicyclic) bond motifs is 6.